The van der Waals surface area contributed by atoms with Gasteiger partial charge >= 0.3 is 0 Å². The summed E-state index contributed by atoms with van der Waals surface area (Å²) in [6, 6.07) is 13.7. The van der Waals surface area contributed by atoms with Crippen molar-refractivity contribution in [2.24, 2.45) is 0 Å². The van der Waals surface area contributed by atoms with Crippen molar-refractivity contribution in [1.82, 2.24) is 4.98 Å². The molecule has 0 bridgehead atoms. The van der Waals surface area contributed by atoms with E-state index in [0.717, 1.165) is 23.4 Å². The van der Waals surface area contributed by atoms with E-state index in [0.29, 0.717) is 13.0 Å². The largest absolute Gasteiger partial charge is 0.493 e. The van der Waals surface area contributed by atoms with Gasteiger partial charge in [-0.05, 0) is 36.2 Å². The molecule has 0 aliphatic carbocycles. The maximum atomic E-state index is 8.82. The van der Waals surface area contributed by atoms with Gasteiger partial charge in [-0.1, -0.05) is 18.2 Å². The summed E-state index contributed by atoms with van der Waals surface area (Å²) < 4.78 is 5.64. The number of benzene rings is 1. The summed E-state index contributed by atoms with van der Waals surface area (Å²) >= 11 is 0. The Kier molecular flexibility index (Phi) is 4.73. The van der Waals surface area contributed by atoms with Crippen LogP contribution in [-0.4, -0.2) is 23.3 Å². The lowest BCUT2D eigenvalue weighted by atomic mass is 10.1. The highest BCUT2D eigenvalue weighted by molar-refractivity contribution is 5.27. The monoisotopic (exact) mass is 243 g/mol. The molecule has 18 heavy (non-hydrogen) atoms. The molecule has 0 unspecified atom stereocenters. The van der Waals surface area contributed by atoms with Crippen LogP contribution in [0.1, 0.15) is 11.3 Å². The first kappa shape index (κ1) is 12.6. The zero-order valence-corrected chi connectivity index (χ0v) is 10.2. The molecule has 0 saturated heterocycles. The van der Waals surface area contributed by atoms with Gasteiger partial charge in [0.1, 0.15) is 5.75 Å². The van der Waals surface area contributed by atoms with E-state index in [9.17, 15) is 0 Å². The molecule has 2 aromatic rings. The van der Waals surface area contributed by atoms with Gasteiger partial charge in [0.05, 0.1) is 6.61 Å². The third-order valence-electron chi connectivity index (χ3n) is 2.68. The van der Waals surface area contributed by atoms with Crippen molar-refractivity contribution in [2.45, 2.75) is 12.8 Å². The molecule has 1 N–H and O–H groups in total. The number of pyridine rings is 1. The van der Waals surface area contributed by atoms with Crippen LogP contribution in [0, 0.1) is 0 Å². The molecule has 3 heteroatoms. The highest BCUT2D eigenvalue weighted by atomic mass is 16.5. The first-order valence-corrected chi connectivity index (χ1v) is 6.11. The molecule has 0 aliphatic heterocycles. The van der Waals surface area contributed by atoms with E-state index < -0.39 is 0 Å². The van der Waals surface area contributed by atoms with Gasteiger partial charge in [0, 0.05) is 24.9 Å². The summed E-state index contributed by atoms with van der Waals surface area (Å²) in [5.74, 6) is 0.854. The van der Waals surface area contributed by atoms with Gasteiger partial charge in [0.2, 0.25) is 0 Å². The maximum Gasteiger partial charge on any atom is 0.119 e. The smallest absolute Gasteiger partial charge is 0.119 e. The number of nitrogens with zero attached hydrogens (tertiary/aromatic N) is 1. The van der Waals surface area contributed by atoms with Gasteiger partial charge < -0.3 is 9.84 Å². The second kappa shape index (κ2) is 6.77. The van der Waals surface area contributed by atoms with Crippen LogP contribution < -0.4 is 4.74 Å². The normalized spacial score (nSPS) is 10.3. The van der Waals surface area contributed by atoms with E-state index in [1.54, 1.807) is 6.20 Å². The zero-order chi connectivity index (χ0) is 12.6. The fourth-order valence-corrected chi connectivity index (χ4v) is 1.70. The van der Waals surface area contributed by atoms with Crippen LogP contribution in [-0.2, 0) is 12.8 Å². The molecule has 0 spiro atoms. The predicted octanol–water partition coefficient (Wildman–Crippen LogP) is 2.24. The van der Waals surface area contributed by atoms with Crippen molar-refractivity contribution in [2.75, 3.05) is 13.2 Å². The van der Waals surface area contributed by atoms with Gasteiger partial charge in [-0.25, -0.2) is 0 Å². The molecule has 94 valence electrons. The molecule has 0 amide bonds. The second-order valence-electron chi connectivity index (χ2n) is 4.04. The van der Waals surface area contributed by atoms with Gasteiger partial charge in [0.15, 0.2) is 0 Å². The van der Waals surface area contributed by atoms with Crippen molar-refractivity contribution in [1.29, 1.82) is 0 Å². The average Bonchev–Trinajstić information content (AvgIpc) is 2.42. The van der Waals surface area contributed by atoms with Gasteiger partial charge in [-0.3, -0.25) is 4.98 Å². The molecule has 2 rings (SSSR count). The molecule has 0 fully saturated rings. The number of aliphatic hydroxyl groups is 1. The average molecular weight is 243 g/mol. The van der Waals surface area contributed by atoms with E-state index in [4.69, 9.17) is 9.84 Å². The van der Waals surface area contributed by atoms with E-state index in [1.165, 1.54) is 0 Å². The topological polar surface area (TPSA) is 42.4 Å². The number of aliphatic hydroxyl groups excluding tert-OH is 1. The van der Waals surface area contributed by atoms with Crippen LogP contribution in [0.3, 0.4) is 0 Å². The van der Waals surface area contributed by atoms with Crippen molar-refractivity contribution >= 4 is 0 Å². The summed E-state index contributed by atoms with van der Waals surface area (Å²) in [4.78, 5) is 4.24. The minimum absolute atomic E-state index is 0.180. The van der Waals surface area contributed by atoms with Gasteiger partial charge in [-0.15, -0.1) is 0 Å². The third-order valence-corrected chi connectivity index (χ3v) is 2.68. The Morgan fingerprint density at radius 1 is 1.00 bits per heavy atom. The van der Waals surface area contributed by atoms with Gasteiger partial charge in [-0.2, -0.15) is 0 Å². The van der Waals surface area contributed by atoms with E-state index >= 15 is 0 Å². The Morgan fingerprint density at radius 3 is 2.50 bits per heavy atom. The van der Waals surface area contributed by atoms with Crippen LogP contribution in [0.25, 0.3) is 0 Å². The highest BCUT2D eigenvalue weighted by Gasteiger charge is 1.97. The lowest BCUT2D eigenvalue weighted by Gasteiger charge is -2.06. The molecular weight excluding hydrogens is 226 g/mol. The molecule has 1 aromatic heterocycles. The van der Waals surface area contributed by atoms with Crippen LogP contribution in [0.2, 0.25) is 0 Å². The fourth-order valence-electron chi connectivity index (χ4n) is 1.70. The molecule has 0 saturated carbocycles. The number of hydrogen-bond acceptors (Lipinski definition) is 3. The first-order chi connectivity index (χ1) is 8.88. The number of hydrogen-bond donors (Lipinski definition) is 1. The van der Waals surface area contributed by atoms with E-state index in [2.05, 4.69) is 4.98 Å². The second-order valence-corrected chi connectivity index (χ2v) is 4.04. The quantitative estimate of drug-likeness (QED) is 0.846. The summed E-state index contributed by atoms with van der Waals surface area (Å²) in [6.07, 6.45) is 3.28. The Bertz CT molecular complexity index is 454. The standard InChI is InChI=1S/C15H17NO2/c17-11-8-13-4-6-15(7-5-13)18-12-9-14-3-1-2-10-16-14/h1-7,10,17H,8-9,11-12H2. The summed E-state index contributed by atoms with van der Waals surface area (Å²) in [5, 5.41) is 8.82. The summed E-state index contributed by atoms with van der Waals surface area (Å²) in [7, 11) is 0. The molecule has 0 aliphatic rings. The van der Waals surface area contributed by atoms with Gasteiger partial charge in [0.25, 0.3) is 0 Å². The Morgan fingerprint density at radius 2 is 1.83 bits per heavy atom. The number of aromatic nitrogens is 1. The molecule has 0 radical (unpaired) electrons. The Labute approximate surface area is 107 Å². The van der Waals surface area contributed by atoms with Crippen molar-refractivity contribution in [3.8, 4) is 5.75 Å². The van der Waals surface area contributed by atoms with Crippen molar-refractivity contribution in [3.05, 3.63) is 59.9 Å². The SMILES string of the molecule is OCCc1ccc(OCCc2ccccn2)cc1. The third kappa shape index (κ3) is 3.86. The molecular formula is C15H17NO2. The van der Waals surface area contributed by atoms with Crippen LogP contribution in [0.15, 0.2) is 48.7 Å². The summed E-state index contributed by atoms with van der Waals surface area (Å²) in [5.41, 5.74) is 2.16. The van der Waals surface area contributed by atoms with Crippen LogP contribution in [0.5, 0.6) is 5.75 Å². The lowest BCUT2D eigenvalue weighted by molar-refractivity contribution is 0.299. The summed E-state index contributed by atoms with van der Waals surface area (Å²) in [6.45, 7) is 0.802. The molecule has 1 aromatic carbocycles. The highest BCUT2D eigenvalue weighted by Crippen LogP contribution is 2.12. The van der Waals surface area contributed by atoms with E-state index in [-0.39, 0.29) is 6.61 Å². The lowest BCUT2D eigenvalue weighted by Crippen LogP contribution is -2.02. The Balaban J connectivity index is 1.80. The maximum absolute atomic E-state index is 8.82. The molecule has 0 atom stereocenters. The Hall–Kier alpha value is -1.87. The molecule has 1 heterocycles. The number of rotatable bonds is 6. The van der Waals surface area contributed by atoms with E-state index in [1.807, 2.05) is 42.5 Å². The minimum Gasteiger partial charge on any atom is -0.493 e. The molecule has 3 nitrogen and oxygen atoms in total. The van der Waals surface area contributed by atoms with Crippen molar-refractivity contribution < 1.29 is 9.84 Å². The predicted molar refractivity (Wildman–Crippen MR) is 70.7 cm³/mol. The van der Waals surface area contributed by atoms with Crippen molar-refractivity contribution in [3.63, 3.8) is 0 Å². The first-order valence-electron chi connectivity index (χ1n) is 6.11. The fraction of sp³-hybridized carbons (Fsp3) is 0.267. The number of ether oxygens (including phenoxy) is 1. The van der Waals surface area contributed by atoms with Crippen LogP contribution in [0.4, 0.5) is 0 Å². The zero-order valence-electron chi connectivity index (χ0n) is 10.2. The van der Waals surface area contributed by atoms with Crippen LogP contribution >= 0.6 is 0 Å². The minimum atomic E-state index is 0.180.